The molecular formula is C28H28F2N6O3. The van der Waals surface area contributed by atoms with Gasteiger partial charge in [-0.05, 0) is 42.5 Å². The highest BCUT2D eigenvalue weighted by molar-refractivity contribution is 6.07. The third kappa shape index (κ3) is 6.04. The first-order chi connectivity index (χ1) is 18.9. The first-order valence-corrected chi connectivity index (χ1v) is 12.7. The predicted molar refractivity (Wildman–Crippen MR) is 142 cm³/mol. The van der Waals surface area contributed by atoms with Crippen LogP contribution in [0.25, 0.3) is 0 Å². The Morgan fingerprint density at radius 3 is 2.10 bits per heavy atom. The van der Waals surface area contributed by atoms with E-state index >= 15 is 0 Å². The number of halogens is 2. The zero-order chi connectivity index (χ0) is 27.4. The predicted octanol–water partition coefficient (Wildman–Crippen LogP) is 2.62. The fraction of sp³-hybridized carbons (Fsp3) is 0.286. The van der Waals surface area contributed by atoms with Crippen molar-refractivity contribution < 1.29 is 23.2 Å². The summed E-state index contributed by atoms with van der Waals surface area (Å²) in [5.41, 5.74) is 1.97. The van der Waals surface area contributed by atoms with E-state index in [0.717, 1.165) is 31.3 Å². The minimum atomic E-state index is -0.804. The van der Waals surface area contributed by atoms with Crippen molar-refractivity contribution in [1.82, 2.24) is 20.1 Å². The van der Waals surface area contributed by atoms with Crippen LogP contribution in [0.15, 0.2) is 60.9 Å². The molecule has 39 heavy (non-hydrogen) atoms. The number of hydrogen-bond acceptors (Lipinski definition) is 6. The van der Waals surface area contributed by atoms with E-state index in [1.54, 1.807) is 46.3 Å². The van der Waals surface area contributed by atoms with Gasteiger partial charge in [-0.25, -0.2) is 8.78 Å². The number of carbonyl (C=O) groups excluding carboxylic acids is 3. The molecular weight excluding hydrogens is 506 g/mol. The topological polar surface area (TPSA) is 97.9 Å². The van der Waals surface area contributed by atoms with Gasteiger partial charge in [-0.2, -0.15) is 0 Å². The Balaban J connectivity index is 1.36. The van der Waals surface area contributed by atoms with Crippen LogP contribution in [0.4, 0.5) is 20.2 Å². The Kier molecular flexibility index (Phi) is 7.78. The molecule has 0 unspecified atom stereocenters. The third-order valence-electron chi connectivity index (χ3n) is 6.84. The zero-order valence-electron chi connectivity index (χ0n) is 21.2. The molecule has 2 N–H and O–H groups in total. The molecule has 202 valence electrons. The molecule has 2 aliphatic rings. The second-order valence-corrected chi connectivity index (χ2v) is 9.41. The van der Waals surface area contributed by atoms with Crippen LogP contribution in [-0.2, 0) is 0 Å². The summed E-state index contributed by atoms with van der Waals surface area (Å²) >= 11 is 0. The molecule has 0 aliphatic carbocycles. The summed E-state index contributed by atoms with van der Waals surface area (Å²) in [5.74, 6) is -2.53. The monoisotopic (exact) mass is 534 g/mol. The third-order valence-corrected chi connectivity index (χ3v) is 6.84. The average molecular weight is 535 g/mol. The molecule has 2 fully saturated rings. The van der Waals surface area contributed by atoms with Crippen molar-refractivity contribution in [3.8, 4) is 0 Å². The Labute approximate surface area is 224 Å². The van der Waals surface area contributed by atoms with Gasteiger partial charge in [-0.15, -0.1) is 0 Å². The van der Waals surface area contributed by atoms with Gasteiger partial charge in [-0.3, -0.25) is 19.4 Å². The first-order valence-electron chi connectivity index (χ1n) is 12.7. The van der Waals surface area contributed by atoms with E-state index in [0.29, 0.717) is 61.8 Å². The maximum absolute atomic E-state index is 13.6. The van der Waals surface area contributed by atoms with Crippen LogP contribution in [0, 0.1) is 11.6 Å². The summed E-state index contributed by atoms with van der Waals surface area (Å²) in [4.78, 5) is 48.3. The number of benzene rings is 2. The van der Waals surface area contributed by atoms with Gasteiger partial charge in [0.1, 0.15) is 11.6 Å². The van der Waals surface area contributed by atoms with Crippen LogP contribution in [0.3, 0.4) is 0 Å². The number of pyridine rings is 1. The number of rotatable bonds is 5. The highest BCUT2D eigenvalue weighted by Crippen LogP contribution is 2.30. The molecule has 0 atom stereocenters. The maximum atomic E-state index is 13.6. The fourth-order valence-electron chi connectivity index (χ4n) is 4.80. The van der Waals surface area contributed by atoms with Crippen LogP contribution in [0.1, 0.15) is 31.1 Å². The second-order valence-electron chi connectivity index (χ2n) is 9.41. The van der Waals surface area contributed by atoms with Crippen molar-refractivity contribution in [3.63, 3.8) is 0 Å². The van der Waals surface area contributed by atoms with Crippen LogP contribution < -0.4 is 15.5 Å². The lowest BCUT2D eigenvalue weighted by Gasteiger charge is -2.37. The Hall–Kier alpha value is -4.38. The summed E-state index contributed by atoms with van der Waals surface area (Å²) in [7, 11) is 0. The molecule has 0 radical (unpaired) electrons. The average Bonchev–Trinajstić information content (AvgIpc) is 2.97. The zero-order valence-corrected chi connectivity index (χ0v) is 21.2. The highest BCUT2D eigenvalue weighted by Gasteiger charge is 2.26. The molecule has 0 bridgehead atoms. The summed E-state index contributed by atoms with van der Waals surface area (Å²) in [6.07, 6.45) is 3.04. The lowest BCUT2D eigenvalue weighted by atomic mass is 10.1. The lowest BCUT2D eigenvalue weighted by Crippen LogP contribution is -2.49. The molecule has 0 saturated carbocycles. The van der Waals surface area contributed by atoms with Gasteiger partial charge in [0.2, 0.25) is 0 Å². The second kappa shape index (κ2) is 11.6. The van der Waals surface area contributed by atoms with Gasteiger partial charge in [0.15, 0.2) is 0 Å². The van der Waals surface area contributed by atoms with Crippen molar-refractivity contribution in [2.45, 2.75) is 0 Å². The summed E-state index contributed by atoms with van der Waals surface area (Å²) in [6.45, 7) is 4.11. The standard InChI is InChI=1S/C28H28F2N6O3/c29-22-14-21(15-23(30)17-22)28(39)36-12-10-34(11-13-36)25-4-3-19(27(38)35-8-6-31-7-9-35)16-24(25)33-26(37)20-2-1-5-32-18-20/h1-5,14-18,31H,6-13H2,(H,33,37). The molecule has 3 aromatic rings. The van der Waals surface area contributed by atoms with Crippen molar-refractivity contribution in [2.75, 3.05) is 62.6 Å². The van der Waals surface area contributed by atoms with Gasteiger partial charge in [-0.1, -0.05) is 0 Å². The van der Waals surface area contributed by atoms with Crippen LogP contribution in [-0.4, -0.2) is 84.9 Å². The molecule has 0 spiro atoms. The van der Waals surface area contributed by atoms with E-state index in [2.05, 4.69) is 15.6 Å². The number of hydrogen-bond donors (Lipinski definition) is 2. The SMILES string of the molecule is O=C(Nc1cc(C(=O)N2CCNCC2)ccc1N1CCN(C(=O)c2cc(F)cc(F)c2)CC1)c1cccnc1. The summed E-state index contributed by atoms with van der Waals surface area (Å²) in [6, 6.07) is 11.3. The Morgan fingerprint density at radius 1 is 0.769 bits per heavy atom. The van der Waals surface area contributed by atoms with E-state index in [1.165, 1.54) is 6.20 Å². The first kappa shape index (κ1) is 26.2. The Morgan fingerprint density at radius 2 is 1.44 bits per heavy atom. The quantitative estimate of drug-likeness (QED) is 0.523. The number of nitrogens with one attached hydrogen (secondary N) is 2. The fourth-order valence-corrected chi connectivity index (χ4v) is 4.80. The van der Waals surface area contributed by atoms with E-state index in [-0.39, 0.29) is 17.4 Å². The van der Waals surface area contributed by atoms with Gasteiger partial charge >= 0.3 is 0 Å². The normalized spacial score (nSPS) is 15.7. The Bertz CT molecular complexity index is 1350. The van der Waals surface area contributed by atoms with Gasteiger partial charge in [0.25, 0.3) is 17.7 Å². The van der Waals surface area contributed by atoms with Crippen LogP contribution in [0.5, 0.6) is 0 Å². The maximum Gasteiger partial charge on any atom is 0.257 e. The molecule has 3 heterocycles. The molecule has 11 heteroatoms. The van der Waals surface area contributed by atoms with Crippen LogP contribution in [0.2, 0.25) is 0 Å². The highest BCUT2D eigenvalue weighted by atomic mass is 19.1. The largest absolute Gasteiger partial charge is 0.366 e. The number of nitrogens with zero attached hydrogens (tertiary/aromatic N) is 4. The van der Waals surface area contributed by atoms with E-state index < -0.39 is 17.5 Å². The summed E-state index contributed by atoms with van der Waals surface area (Å²) < 4.78 is 27.3. The van der Waals surface area contributed by atoms with Gasteiger partial charge in [0.05, 0.1) is 16.9 Å². The van der Waals surface area contributed by atoms with E-state index in [1.807, 2.05) is 4.90 Å². The molecule has 9 nitrogen and oxygen atoms in total. The minimum Gasteiger partial charge on any atom is -0.366 e. The smallest absolute Gasteiger partial charge is 0.257 e. The summed E-state index contributed by atoms with van der Waals surface area (Å²) in [5, 5.41) is 6.15. The van der Waals surface area contributed by atoms with E-state index in [9.17, 15) is 23.2 Å². The minimum absolute atomic E-state index is 0.0406. The van der Waals surface area contributed by atoms with Crippen molar-refractivity contribution >= 4 is 29.1 Å². The molecule has 5 rings (SSSR count). The molecule has 1 aromatic heterocycles. The number of aromatic nitrogens is 1. The molecule has 2 aliphatic heterocycles. The van der Waals surface area contributed by atoms with Crippen molar-refractivity contribution in [2.24, 2.45) is 0 Å². The lowest BCUT2D eigenvalue weighted by molar-refractivity contribution is 0.0731. The van der Waals surface area contributed by atoms with Gasteiger partial charge < -0.3 is 25.3 Å². The van der Waals surface area contributed by atoms with Crippen molar-refractivity contribution in [1.29, 1.82) is 0 Å². The van der Waals surface area contributed by atoms with Crippen LogP contribution >= 0.6 is 0 Å². The number of piperazine rings is 2. The molecule has 2 saturated heterocycles. The molecule has 2 aromatic carbocycles. The number of amides is 3. The van der Waals surface area contributed by atoms with Crippen molar-refractivity contribution in [3.05, 3.63) is 89.2 Å². The van der Waals surface area contributed by atoms with Gasteiger partial charge in [0, 0.05) is 81.9 Å². The number of anilines is 2. The molecule has 3 amide bonds. The van der Waals surface area contributed by atoms with E-state index in [4.69, 9.17) is 0 Å². The number of carbonyl (C=O) groups is 3.